The minimum atomic E-state index is 0. The molecule has 0 atom stereocenters. The van der Waals surface area contributed by atoms with Gasteiger partial charge in [0, 0.05) is 43.4 Å². The van der Waals surface area contributed by atoms with Crippen LogP contribution < -0.4 is 0 Å². The molecular weight excluding hydrogens is 362 g/mol. The molecule has 0 aromatic carbocycles. The maximum absolute atomic E-state index is 0. The van der Waals surface area contributed by atoms with Gasteiger partial charge in [0.2, 0.25) is 0 Å². The molecule has 0 aliphatic rings. The van der Waals surface area contributed by atoms with Crippen LogP contribution in [0.25, 0.3) is 0 Å². The van der Waals surface area contributed by atoms with Gasteiger partial charge >= 0.3 is 44.8 Å². The third kappa shape index (κ3) is 111. The van der Waals surface area contributed by atoms with E-state index >= 15 is 0 Å². The second kappa shape index (κ2) is 138. The molecule has 0 aliphatic heterocycles. The molecule has 5 nitrogen and oxygen atoms in total. The summed E-state index contributed by atoms with van der Waals surface area (Å²) in [4.78, 5) is 0. The Labute approximate surface area is 114 Å². The van der Waals surface area contributed by atoms with Crippen molar-refractivity contribution in [3.05, 3.63) is 0 Å². The first kappa shape index (κ1) is 183. The monoisotopic (exact) mass is 362 g/mol. The van der Waals surface area contributed by atoms with E-state index in [0.717, 1.165) is 0 Å². The molecule has 0 aromatic heterocycles. The van der Waals surface area contributed by atoms with E-state index in [-0.39, 0.29) is 116 Å². The fourth-order valence-electron chi connectivity index (χ4n) is 0. The van der Waals surface area contributed by atoms with Crippen LogP contribution in [0, 0.1) is 0 Å². The fourth-order valence-corrected chi connectivity index (χ4v) is 0. The zero-order chi connectivity index (χ0) is 0. The molecule has 0 spiro atoms. The standard InChI is InChI=1S/2Nb.5O.2Ti/q2*+5;5*-2;;. The van der Waals surface area contributed by atoms with Crippen molar-refractivity contribution in [2.75, 3.05) is 0 Å². The van der Waals surface area contributed by atoms with Crippen molar-refractivity contribution in [1.82, 2.24) is 0 Å². The van der Waals surface area contributed by atoms with Gasteiger partial charge in [-0.15, -0.1) is 0 Å². The molecule has 0 fully saturated rings. The van der Waals surface area contributed by atoms with Gasteiger partial charge in [-0.25, -0.2) is 0 Å². The maximum Gasteiger partial charge on any atom is 5.00 e. The maximum atomic E-state index is 0. The quantitative estimate of drug-likeness (QED) is 0.508. The molecule has 0 radical (unpaired) electrons. The van der Waals surface area contributed by atoms with Crippen molar-refractivity contribution in [3.8, 4) is 0 Å². The van der Waals surface area contributed by atoms with Crippen molar-refractivity contribution in [3.63, 3.8) is 0 Å². The Morgan fingerprint density at radius 1 is 0.333 bits per heavy atom. The Hall–Kier alpha value is 2.71. The van der Waals surface area contributed by atoms with Crippen LogP contribution >= 0.6 is 0 Å². The zero-order valence-corrected chi connectivity index (χ0v) is 11.5. The summed E-state index contributed by atoms with van der Waals surface area (Å²) in [5.74, 6) is 0. The molecule has 0 heterocycles. The SMILES string of the molecule is [Nb+5].[Nb+5].[O-2].[O-2].[O-2].[O-2].[O-2].[Ti].[Ti]. The van der Waals surface area contributed by atoms with Gasteiger partial charge < -0.3 is 27.4 Å². The van der Waals surface area contributed by atoms with Crippen molar-refractivity contribution < 1.29 is 116 Å². The first-order chi connectivity index (χ1) is 0. The fraction of sp³-hybridized carbons (Fsp3) is 0. The second-order valence-electron chi connectivity index (χ2n) is 0. The average molecular weight is 362 g/mol. The van der Waals surface area contributed by atoms with Gasteiger partial charge in [0.05, 0.1) is 0 Å². The number of rotatable bonds is 0. The van der Waals surface area contributed by atoms with Crippen molar-refractivity contribution in [2.45, 2.75) is 0 Å². The summed E-state index contributed by atoms with van der Waals surface area (Å²) in [5, 5.41) is 0. The molecular formula is Nb2O5Ti2. The van der Waals surface area contributed by atoms with Gasteiger partial charge in [0.1, 0.15) is 0 Å². The molecule has 0 saturated carbocycles. The van der Waals surface area contributed by atoms with Crippen LogP contribution in [0.4, 0.5) is 0 Å². The Morgan fingerprint density at radius 2 is 0.333 bits per heavy atom. The van der Waals surface area contributed by atoms with E-state index in [1.54, 1.807) is 0 Å². The van der Waals surface area contributed by atoms with E-state index in [1.807, 2.05) is 0 Å². The molecule has 0 amide bonds. The van der Waals surface area contributed by atoms with Crippen LogP contribution in [0.3, 0.4) is 0 Å². The van der Waals surface area contributed by atoms with E-state index < -0.39 is 0 Å². The van der Waals surface area contributed by atoms with Gasteiger partial charge in [-0.05, 0) is 0 Å². The molecule has 0 saturated heterocycles. The third-order valence-electron chi connectivity index (χ3n) is 0. The molecule has 9 heavy (non-hydrogen) atoms. The summed E-state index contributed by atoms with van der Waals surface area (Å²) in [6, 6.07) is 0. The van der Waals surface area contributed by atoms with Gasteiger partial charge in [0.25, 0.3) is 0 Å². The molecule has 0 bridgehead atoms. The Bertz CT molecular complexity index is 12.9. The van der Waals surface area contributed by atoms with E-state index in [0.29, 0.717) is 0 Å². The topological polar surface area (TPSA) is 142 Å². The predicted octanol–water partition coefficient (Wildman–Crippen LogP) is -0.604. The van der Waals surface area contributed by atoms with E-state index in [9.17, 15) is 0 Å². The summed E-state index contributed by atoms with van der Waals surface area (Å²) in [5.41, 5.74) is 0. The molecule has 48 valence electrons. The first-order valence-corrected chi connectivity index (χ1v) is 0. The van der Waals surface area contributed by atoms with Crippen LogP contribution in [-0.2, 0) is 116 Å². The normalized spacial score (nSPS) is 0. The molecule has 0 aliphatic carbocycles. The van der Waals surface area contributed by atoms with E-state index in [4.69, 9.17) is 0 Å². The summed E-state index contributed by atoms with van der Waals surface area (Å²) in [6.07, 6.45) is 0. The van der Waals surface area contributed by atoms with Crippen LogP contribution in [0.2, 0.25) is 0 Å². The summed E-state index contributed by atoms with van der Waals surface area (Å²) in [6.45, 7) is 0. The van der Waals surface area contributed by atoms with Gasteiger partial charge in [-0.3, -0.25) is 0 Å². The first-order valence-electron chi connectivity index (χ1n) is 0. The summed E-state index contributed by atoms with van der Waals surface area (Å²) < 4.78 is 0. The average Bonchev–Trinajstić information content (AvgIpc) is 0. The number of hydrogen-bond donors (Lipinski definition) is 0. The second-order valence-corrected chi connectivity index (χ2v) is 0. The van der Waals surface area contributed by atoms with E-state index in [2.05, 4.69) is 0 Å². The molecule has 0 rings (SSSR count). The Morgan fingerprint density at radius 3 is 0.333 bits per heavy atom. The van der Waals surface area contributed by atoms with Crippen LogP contribution in [-0.4, -0.2) is 0 Å². The Balaban J connectivity index is 0. The number of hydrogen-bond acceptors (Lipinski definition) is 0. The van der Waals surface area contributed by atoms with Crippen LogP contribution in [0.5, 0.6) is 0 Å². The molecule has 0 aromatic rings. The van der Waals surface area contributed by atoms with Crippen molar-refractivity contribution in [2.24, 2.45) is 0 Å². The van der Waals surface area contributed by atoms with Crippen LogP contribution in [0.1, 0.15) is 0 Å². The molecule has 0 unspecified atom stereocenters. The van der Waals surface area contributed by atoms with E-state index in [1.165, 1.54) is 0 Å². The van der Waals surface area contributed by atoms with Gasteiger partial charge in [-0.1, -0.05) is 0 Å². The van der Waals surface area contributed by atoms with Gasteiger partial charge in [0.15, 0.2) is 0 Å². The minimum Gasteiger partial charge on any atom is -2.00 e. The molecule has 0 N–H and O–H groups in total. The minimum absolute atomic E-state index is 0. The van der Waals surface area contributed by atoms with Crippen molar-refractivity contribution >= 4 is 0 Å². The predicted molar refractivity (Wildman–Crippen MR) is 3.43 cm³/mol. The third-order valence-corrected chi connectivity index (χ3v) is 0. The largest absolute Gasteiger partial charge is 5.00 e. The molecule has 9 heteroatoms. The zero-order valence-electron chi connectivity index (χ0n) is 3.94. The summed E-state index contributed by atoms with van der Waals surface area (Å²) in [7, 11) is 0. The Kier molecular flexibility index (Phi) is 2800. The van der Waals surface area contributed by atoms with Crippen LogP contribution in [0.15, 0.2) is 0 Å². The van der Waals surface area contributed by atoms with Crippen molar-refractivity contribution in [1.29, 1.82) is 0 Å². The smallest absolute Gasteiger partial charge is 2.00 e. The summed E-state index contributed by atoms with van der Waals surface area (Å²) >= 11 is 0. The van der Waals surface area contributed by atoms with Gasteiger partial charge in [-0.2, -0.15) is 0 Å².